The molecule has 0 amide bonds. The maximum Gasteiger partial charge on any atom is 0.316 e. The molecule has 0 aliphatic carbocycles. The summed E-state index contributed by atoms with van der Waals surface area (Å²) in [5, 5.41) is 9.65. The van der Waals surface area contributed by atoms with Gasteiger partial charge in [0.2, 0.25) is 0 Å². The van der Waals surface area contributed by atoms with Gasteiger partial charge in [0.1, 0.15) is 0 Å². The van der Waals surface area contributed by atoms with Gasteiger partial charge in [0.15, 0.2) is 11.0 Å². The Bertz CT molecular complexity index is 630. The Morgan fingerprint density at radius 1 is 1.33 bits per heavy atom. The number of rotatable bonds is 6. The van der Waals surface area contributed by atoms with Crippen LogP contribution in [-0.4, -0.2) is 33.1 Å². The Morgan fingerprint density at radius 2 is 2.10 bits per heavy atom. The minimum atomic E-state index is -0.257. The average Bonchev–Trinajstić information content (AvgIpc) is 2.88. The lowest BCUT2D eigenvalue weighted by Crippen LogP contribution is -2.08. The van der Waals surface area contributed by atoms with Crippen LogP contribution in [-0.2, 0) is 16.1 Å². The second-order valence-corrected chi connectivity index (χ2v) is 5.47. The van der Waals surface area contributed by atoms with E-state index in [1.165, 1.54) is 11.8 Å². The quantitative estimate of drug-likeness (QED) is 0.602. The predicted molar refractivity (Wildman–Crippen MR) is 83.5 cm³/mol. The van der Waals surface area contributed by atoms with Crippen molar-refractivity contribution in [2.45, 2.75) is 25.5 Å². The first-order valence-electron chi connectivity index (χ1n) is 6.63. The van der Waals surface area contributed by atoms with Gasteiger partial charge < -0.3 is 9.30 Å². The molecule has 2 aromatic rings. The summed E-state index contributed by atoms with van der Waals surface area (Å²) in [5.41, 5.74) is 0.830. The number of carbonyl (C=O) groups excluding carboxylic acids is 1. The smallest absolute Gasteiger partial charge is 0.316 e. The maximum absolute atomic E-state index is 11.4. The fourth-order valence-corrected chi connectivity index (χ4v) is 2.87. The first-order chi connectivity index (χ1) is 10.2. The normalized spacial score (nSPS) is 10.6. The Balaban J connectivity index is 2.22. The lowest BCUT2D eigenvalue weighted by Gasteiger charge is -2.08. The van der Waals surface area contributed by atoms with Crippen LogP contribution in [0.5, 0.6) is 0 Å². The van der Waals surface area contributed by atoms with Gasteiger partial charge in [-0.2, -0.15) is 0 Å². The molecule has 0 unspecified atom stereocenters. The largest absolute Gasteiger partial charge is 0.465 e. The number of thioether (sulfide) groups is 1. The van der Waals surface area contributed by atoms with Crippen LogP contribution in [0.2, 0.25) is 5.02 Å². The van der Waals surface area contributed by atoms with Crippen LogP contribution < -0.4 is 0 Å². The van der Waals surface area contributed by atoms with E-state index in [9.17, 15) is 4.79 Å². The molecular weight excluding hydrogens is 310 g/mol. The van der Waals surface area contributed by atoms with Gasteiger partial charge >= 0.3 is 5.97 Å². The molecule has 0 radical (unpaired) electrons. The summed E-state index contributed by atoms with van der Waals surface area (Å²) in [6, 6.07) is 7.49. The molecule has 0 saturated heterocycles. The topological polar surface area (TPSA) is 57.0 Å². The van der Waals surface area contributed by atoms with Crippen molar-refractivity contribution in [3.8, 4) is 11.4 Å². The van der Waals surface area contributed by atoms with E-state index < -0.39 is 0 Å². The summed E-state index contributed by atoms with van der Waals surface area (Å²) in [6.45, 7) is 4.86. The van der Waals surface area contributed by atoms with Crippen LogP contribution in [0.15, 0.2) is 29.4 Å². The van der Waals surface area contributed by atoms with E-state index in [1.807, 2.05) is 35.8 Å². The molecule has 0 bridgehead atoms. The fraction of sp³-hybridized carbons (Fsp3) is 0.357. The van der Waals surface area contributed by atoms with Gasteiger partial charge in [-0.25, -0.2) is 0 Å². The summed E-state index contributed by atoms with van der Waals surface area (Å²) < 4.78 is 6.84. The van der Waals surface area contributed by atoms with Gasteiger partial charge in [-0.15, -0.1) is 10.2 Å². The first-order valence-corrected chi connectivity index (χ1v) is 8.00. The summed E-state index contributed by atoms with van der Waals surface area (Å²) in [7, 11) is 0. The van der Waals surface area contributed by atoms with Crippen molar-refractivity contribution < 1.29 is 9.53 Å². The van der Waals surface area contributed by atoms with Crippen molar-refractivity contribution >= 4 is 29.3 Å². The average molecular weight is 326 g/mol. The van der Waals surface area contributed by atoms with E-state index in [0.29, 0.717) is 29.2 Å². The minimum absolute atomic E-state index is 0.217. The third-order valence-electron chi connectivity index (χ3n) is 2.77. The maximum atomic E-state index is 11.4. The number of nitrogens with zero attached hydrogens (tertiary/aromatic N) is 3. The van der Waals surface area contributed by atoms with Crippen LogP contribution in [0.25, 0.3) is 11.4 Å². The molecule has 0 fully saturated rings. The Labute approximate surface area is 132 Å². The van der Waals surface area contributed by atoms with E-state index in [2.05, 4.69) is 10.2 Å². The molecule has 0 atom stereocenters. The molecule has 5 nitrogen and oxygen atoms in total. The van der Waals surface area contributed by atoms with E-state index in [-0.39, 0.29) is 11.7 Å². The highest BCUT2D eigenvalue weighted by Crippen LogP contribution is 2.29. The van der Waals surface area contributed by atoms with E-state index in [1.54, 1.807) is 6.92 Å². The summed E-state index contributed by atoms with van der Waals surface area (Å²) in [4.78, 5) is 11.4. The lowest BCUT2D eigenvalue weighted by molar-refractivity contribution is -0.139. The molecule has 1 aromatic carbocycles. The van der Waals surface area contributed by atoms with Gasteiger partial charge in [-0.05, 0) is 26.0 Å². The van der Waals surface area contributed by atoms with E-state index >= 15 is 0 Å². The fourth-order valence-electron chi connectivity index (χ4n) is 1.85. The van der Waals surface area contributed by atoms with Gasteiger partial charge in [0, 0.05) is 12.1 Å². The highest BCUT2D eigenvalue weighted by molar-refractivity contribution is 7.99. The van der Waals surface area contributed by atoms with Crippen LogP contribution in [0.3, 0.4) is 0 Å². The van der Waals surface area contributed by atoms with Crippen LogP contribution in [0, 0.1) is 0 Å². The van der Waals surface area contributed by atoms with Crippen molar-refractivity contribution in [3.05, 3.63) is 29.3 Å². The van der Waals surface area contributed by atoms with Crippen molar-refractivity contribution in [2.75, 3.05) is 12.4 Å². The highest BCUT2D eigenvalue weighted by atomic mass is 35.5. The number of hydrogen-bond acceptors (Lipinski definition) is 5. The number of benzene rings is 1. The molecule has 1 aromatic heterocycles. The van der Waals surface area contributed by atoms with E-state index in [4.69, 9.17) is 16.3 Å². The lowest BCUT2D eigenvalue weighted by atomic mass is 10.2. The Kier molecular flexibility index (Phi) is 5.64. The van der Waals surface area contributed by atoms with Gasteiger partial charge in [-0.1, -0.05) is 35.5 Å². The number of hydrogen-bond donors (Lipinski definition) is 0. The molecule has 0 aliphatic rings. The molecule has 0 aliphatic heterocycles. The minimum Gasteiger partial charge on any atom is -0.465 e. The summed E-state index contributed by atoms with van der Waals surface area (Å²) in [5.74, 6) is 0.663. The van der Waals surface area contributed by atoms with Gasteiger partial charge in [0.05, 0.1) is 17.4 Å². The zero-order valence-corrected chi connectivity index (χ0v) is 13.4. The number of esters is 1. The zero-order chi connectivity index (χ0) is 15.2. The van der Waals surface area contributed by atoms with Crippen molar-refractivity contribution in [1.29, 1.82) is 0 Å². The summed E-state index contributed by atoms with van der Waals surface area (Å²) >= 11 is 7.52. The molecule has 0 saturated carbocycles. The molecule has 21 heavy (non-hydrogen) atoms. The SMILES string of the molecule is CCOC(=O)CSc1nnc(-c2ccccc2Cl)n1CC. The van der Waals surface area contributed by atoms with Crippen molar-refractivity contribution in [3.63, 3.8) is 0 Å². The van der Waals surface area contributed by atoms with E-state index in [0.717, 1.165) is 5.56 Å². The molecular formula is C14H16ClN3O2S. The van der Waals surface area contributed by atoms with Crippen molar-refractivity contribution in [1.82, 2.24) is 14.8 Å². The third kappa shape index (κ3) is 3.77. The highest BCUT2D eigenvalue weighted by Gasteiger charge is 2.16. The molecule has 1 heterocycles. The van der Waals surface area contributed by atoms with Crippen LogP contribution in [0.1, 0.15) is 13.8 Å². The molecule has 7 heteroatoms. The molecule has 2 rings (SSSR count). The second kappa shape index (κ2) is 7.47. The standard InChI is InChI=1S/C14H16ClN3O2S/c1-3-18-13(10-7-5-6-8-11(10)15)16-17-14(18)21-9-12(19)20-4-2/h5-8H,3-4,9H2,1-2H3. The first kappa shape index (κ1) is 15.9. The van der Waals surface area contributed by atoms with Gasteiger partial charge in [-0.3, -0.25) is 4.79 Å². The number of carbonyl (C=O) groups is 1. The Hall–Kier alpha value is -1.53. The number of aromatic nitrogens is 3. The Morgan fingerprint density at radius 3 is 2.76 bits per heavy atom. The second-order valence-electron chi connectivity index (χ2n) is 4.12. The van der Waals surface area contributed by atoms with Crippen LogP contribution >= 0.6 is 23.4 Å². The summed E-state index contributed by atoms with van der Waals surface area (Å²) in [6.07, 6.45) is 0. The third-order valence-corrected chi connectivity index (χ3v) is 4.04. The number of halogens is 1. The van der Waals surface area contributed by atoms with Crippen LogP contribution in [0.4, 0.5) is 0 Å². The predicted octanol–water partition coefficient (Wildman–Crippen LogP) is 3.27. The van der Waals surface area contributed by atoms with Crippen molar-refractivity contribution in [2.24, 2.45) is 0 Å². The van der Waals surface area contributed by atoms with Gasteiger partial charge in [0.25, 0.3) is 0 Å². The molecule has 112 valence electrons. The number of ether oxygens (including phenoxy) is 1. The molecule has 0 N–H and O–H groups in total. The monoisotopic (exact) mass is 325 g/mol. The zero-order valence-electron chi connectivity index (χ0n) is 11.9. The molecule has 0 spiro atoms.